The van der Waals surface area contributed by atoms with Crippen LogP contribution in [-0.2, 0) is 0 Å². The molecule has 0 saturated heterocycles. The Hall–Kier alpha value is -1.81. The van der Waals surface area contributed by atoms with Crippen molar-refractivity contribution in [3.8, 4) is 5.69 Å². The second-order valence-electron chi connectivity index (χ2n) is 3.81. The molecule has 0 saturated carbocycles. The predicted octanol–water partition coefficient (Wildman–Crippen LogP) is 2.84. The number of nitrogens with zero attached hydrogens (tertiary/aromatic N) is 2. The van der Waals surface area contributed by atoms with Gasteiger partial charge in [0.2, 0.25) is 0 Å². The molecule has 0 fully saturated rings. The van der Waals surface area contributed by atoms with Crippen LogP contribution in [0.2, 0.25) is 5.02 Å². The molecule has 0 bridgehead atoms. The summed E-state index contributed by atoms with van der Waals surface area (Å²) in [6, 6.07) is 6.46. The van der Waals surface area contributed by atoms with Crippen molar-refractivity contribution in [2.75, 3.05) is 0 Å². The second kappa shape index (κ2) is 4.22. The summed E-state index contributed by atoms with van der Waals surface area (Å²) in [5.41, 5.74) is 2.54. The Labute approximate surface area is 103 Å². The minimum absolute atomic E-state index is 0.192. The molecular weight excluding hydrogens is 240 g/mol. The van der Waals surface area contributed by atoms with Crippen molar-refractivity contribution < 1.29 is 9.90 Å². The van der Waals surface area contributed by atoms with Crippen molar-refractivity contribution in [3.63, 3.8) is 0 Å². The van der Waals surface area contributed by atoms with Gasteiger partial charge in [-0.15, -0.1) is 0 Å². The molecule has 2 aromatic rings. The molecule has 0 unspecified atom stereocenters. The molecular formula is C12H11ClN2O2. The van der Waals surface area contributed by atoms with Crippen LogP contribution in [0.4, 0.5) is 0 Å². The molecule has 0 amide bonds. The lowest BCUT2D eigenvalue weighted by atomic mass is 10.2. The van der Waals surface area contributed by atoms with Gasteiger partial charge in [-0.3, -0.25) is 0 Å². The Morgan fingerprint density at radius 3 is 2.59 bits per heavy atom. The summed E-state index contributed by atoms with van der Waals surface area (Å²) in [6.07, 6.45) is 0. The highest BCUT2D eigenvalue weighted by molar-refractivity contribution is 6.32. The quantitative estimate of drug-likeness (QED) is 0.892. The first kappa shape index (κ1) is 11.7. The van der Waals surface area contributed by atoms with Gasteiger partial charge in [0.25, 0.3) is 0 Å². The van der Waals surface area contributed by atoms with Crippen LogP contribution in [0.5, 0.6) is 0 Å². The van der Waals surface area contributed by atoms with Crippen molar-refractivity contribution in [2.24, 2.45) is 0 Å². The number of hydrogen-bond donors (Lipinski definition) is 1. The molecule has 1 aromatic carbocycles. The molecule has 1 heterocycles. The monoisotopic (exact) mass is 250 g/mol. The number of rotatable bonds is 2. The fraction of sp³-hybridized carbons (Fsp3) is 0.167. The van der Waals surface area contributed by atoms with E-state index < -0.39 is 5.97 Å². The van der Waals surface area contributed by atoms with Crippen LogP contribution in [0.1, 0.15) is 21.7 Å². The highest BCUT2D eigenvalue weighted by Crippen LogP contribution is 2.23. The Morgan fingerprint density at radius 1 is 1.35 bits per heavy atom. The summed E-state index contributed by atoms with van der Waals surface area (Å²) < 4.78 is 1.64. The van der Waals surface area contributed by atoms with Gasteiger partial charge in [0, 0.05) is 5.69 Å². The molecule has 2 rings (SSSR count). The molecule has 0 aliphatic rings. The smallest absolute Gasteiger partial charge is 0.335 e. The van der Waals surface area contributed by atoms with Crippen molar-refractivity contribution in [3.05, 3.63) is 46.2 Å². The first-order chi connectivity index (χ1) is 7.99. The van der Waals surface area contributed by atoms with Gasteiger partial charge in [0.1, 0.15) is 0 Å². The highest BCUT2D eigenvalue weighted by atomic mass is 35.5. The topological polar surface area (TPSA) is 55.1 Å². The SMILES string of the molecule is Cc1cc(C)n(-c2cc(C(=O)O)ccc2Cl)n1. The molecule has 88 valence electrons. The van der Waals surface area contributed by atoms with Crippen LogP contribution < -0.4 is 0 Å². The summed E-state index contributed by atoms with van der Waals surface area (Å²) in [7, 11) is 0. The van der Waals surface area contributed by atoms with Crippen molar-refractivity contribution in [1.29, 1.82) is 0 Å². The maximum absolute atomic E-state index is 10.9. The van der Waals surface area contributed by atoms with E-state index in [9.17, 15) is 4.79 Å². The summed E-state index contributed by atoms with van der Waals surface area (Å²) >= 11 is 6.06. The third-order valence-electron chi connectivity index (χ3n) is 2.43. The zero-order chi connectivity index (χ0) is 12.6. The van der Waals surface area contributed by atoms with Crippen molar-refractivity contribution >= 4 is 17.6 Å². The van der Waals surface area contributed by atoms with E-state index in [4.69, 9.17) is 16.7 Å². The Balaban J connectivity index is 2.62. The van der Waals surface area contributed by atoms with Crippen LogP contribution in [0.3, 0.4) is 0 Å². The van der Waals surface area contributed by atoms with Gasteiger partial charge in [-0.05, 0) is 38.1 Å². The van der Waals surface area contributed by atoms with E-state index in [0.29, 0.717) is 10.7 Å². The molecule has 0 aliphatic carbocycles. The maximum Gasteiger partial charge on any atom is 0.335 e. The Morgan fingerprint density at radius 2 is 2.06 bits per heavy atom. The lowest BCUT2D eigenvalue weighted by Gasteiger charge is -2.07. The zero-order valence-electron chi connectivity index (χ0n) is 9.44. The Kier molecular flexibility index (Phi) is 2.90. The zero-order valence-corrected chi connectivity index (χ0v) is 10.2. The molecule has 17 heavy (non-hydrogen) atoms. The van der Waals surface area contributed by atoms with Gasteiger partial charge in [-0.1, -0.05) is 11.6 Å². The number of carboxylic acids is 1. The molecule has 0 spiro atoms. The molecule has 4 nitrogen and oxygen atoms in total. The van der Waals surface area contributed by atoms with E-state index in [-0.39, 0.29) is 5.56 Å². The third-order valence-corrected chi connectivity index (χ3v) is 2.75. The minimum Gasteiger partial charge on any atom is -0.478 e. The van der Waals surface area contributed by atoms with Gasteiger partial charge in [0.15, 0.2) is 0 Å². The predicted molar refractivity (Wildman–Crippen MR) is 65.0 cm³/mol. The molecule has 1 aromatic heterocycles. The van der Waals surface area contributed by atoms with Crippen molar-refractivity contribution in [1.82, 2.24) is 9.78 Å². The highest BCUT2D eigenvalue weighted by Gasteiger charge is 2.11. The minimum atomic E-state index is -0.982. The first-order valence-electron chi connectivity index (χ1n) is 5.05. The van der Waals surface area contributed by atoms with Crippen LogP contribution in [0.25, 0.3) is 5.69 Å². The molecule has 0 aliphatic heterocycles. The number of benzene rings is 1. The largest absolute Gasteiger partial charge is 0.478 e. The van der Waals surface area contributed by atoms with E-state index in [1.807, 2.05) is 19.9 Å². The van der Waals surface area contributed by atoms with Crippen molar-refractivity contribution in [2.45, 2.75) is 13.8 Å². The van der Waals surface area contributed by atoms with E-state index >= 15 is 0 Å². The van der Waals surface area contributed by atoms with Crippen LogP contribution in [0.15, 0.2) is 24.3 Å². The van der Waals surface area contributed by atoms with E-state index in [1.165, 1.54) is 12.1 Å². The number of halogens is 1. The van der Waals surface area contributed by atoms with Gasteiger partial charge >= 0.3 is 5.97 Å². The van der Waals surface area contributed by atoms with E-state index in [2.05, 4.69) is 5.10 Å². The summed E-state index contributed by atoms with van der Waals surface area (Å²) in [6.45, 7) is 3.77. The standard InChI is InChI=1S/C12H11ClN2O2/c1-7-5-8(2)15(14-7)11-6-9(12(16)17)3-4-10(11)13/h3-6H,1-2H3,(H,16,17). The third kappa shape index (κ3) is 2.17. The fourth-order valence-corrected chi connectivity index (χ4v) is 1.88. The lowest BCUT2D eigenvalue weighted by molar-refractivity contribution is 0.0697. The number of aromatic nitrogens is 2. The van der Waals surface area contributed by atoms with Gasteiger partial charge in [-0.2, -0.15) is 5.10 Å². The number of carbonyl (C=O) groups is 1. The number of carboxylic acid groups (broad SMARTS) is 1. The molecule has 1 N–H and O–H groups in total. The molecule has 5 heteroatoms. The Bertz CT molecular complexity index is 590. The van der Waals surface area contributed by atoms with Gasteiger partial charge in [0.05, 0.1) is 22.0 Å². The van der Waals surface area contributed by atoms with E-state index in [0.717, 1.165) is 11.4 Å². The van der Waals surface area contributed by atoms with Crippen LogP contribution in [0, 0.1) is 13.8 Å². The summed E-state index contributed by atoms with van der Waals surface area (Å²) in [5.74, 6) is -0.982. The average molecular weight is 251 g/mol. The van der Waals surface area contributed by atoms with Crippen LogP contribution >= 0.6 is 11.6 Å². The number of hydrogen-bond acceptors (Lipinski definition) is 2. The number of aromatic carboxylic acids is 1. The number of aryl methyl sites for hydroxylation is 2. The normalized spacial score (nSPS) is 10.5. The summed E-state index contributed by atoms with van der Waals surface area (Å²) in [4.78, 5) is 10.9. The summed E-state index contributed by atoms with van der Waals surface area (Å²) in [5, 5.41) is 13.7. The van der Waals surface area contributed by atoms with Gasteiger partial charge < -0.3 is 5.11 Å². The fourth-order valence-electron chi connectivity index (χ4n) is 1.68. The molecule has 0 atom stereocenters. The lowest BCUT2D eigenvalue weighted by Crippen LogP contribution is -2.03. The van der Waals surface area contributed by atoms with E-state index in [1.54, 1.807) is 10.7 Å². The van der Waals surface area contributed by atoms with Gasteiger partial charge in [-0.25, -0.2) is 9.48 Å². The first-order valence-corrected chi connectivity index (χ1v) is 5.43. The second-order valence-corrected chi connectivity index (χ2v) is 4.22. The maximum atomic E-state index is 10.9. The molecule has 0 radical (unpaired) electrons. The van der Waals surface area contributed by atoms with Crippen LogP contribution in [-0.4, -0.2) is 20.9 Å². The average Bonchev–Trinajstić information content (AvgIpc) is 2.58.